The molecule has 0 unspecified atom stereocenters. The van der Waals surface area contributed by atoms with Gasteiger partial charge < -0.3 is 10.3 Å². The molecule has 0 saturated heterocycles. The van der Waals surface area contributed by atoms with Gasteiger partial charge in [-0.2, -0.15) is 0 Å². The fraction of sp³-hybridized carbons (Fsp3) is 0.357. The predicted molar refractivity (Wildman–Crippen MR) is 81.0 cm³/mol. The molecule has 0 aliphatic carbocycles. The average molecular weight is 308 g/mol. The van der Waals surface area contributed by atoms with Crippen LogP contribution in [0.3, 0.4) is 0 Å². The summed E-state index contributed by atoms with van der Waals surface area (Å²) in [7, 11) is -3.43. The molecule has 0 spiro atoms. The zero-order valence-electron chi connectivity index (χ0n) is 11.8. The van der Waals surface area contributed by atoms with Gasteiger partial charge in [-0.1, -0.05) is 12.1 Å². The van der Waals surface area contributed by atoms with Crippen molar-refractivity contribution in [1.29, 1.82) is 0 Å². The van der Waals surface area contributed by atoms with Crippen molar-refractivity contribution in [3.63, 3.8) is 0 Å². The molecule has 1 aromatic heterocycles. The van der Waals surface area contributed by atoms with Crippen molar-refractivity contribution in [3.05, 3.63) is 48.5 Å². The highest BCUT2D eigenvalue weighted by Crippen LogP contribution is 2.10. The molecule has 2 aromatic rings. The maximum atomic E-state index is 12.1. The number of aromatic nitrogens is 2. The summed E-state index contributed by atoms with van der Waals surface area (Å²) in [5, 5.41) is 0. The lowest BCUT2D eigenvalue weighted by molar-refractivity contribution is 0.566. The molecule has 3 N–H and O–H groups in total. The number of hydrogen-bond acceptors (Lipinski definition) is 4. The fourth-order valence-corrected chi connectivity index (χ4v) is 3.01. The van der Waals surface area contributed by atoms with Gasteiger partial charge in [0.15, 0.2) is 0 Å². The van der Waals surface area contributed by atoms with E-state index in [-0.39, 0.29) is 4.90 Å². The third-order valence-electron chi connectivity index (χ3n) is 3.16. The Morgan fingerprint density at radius 2 is 1.95 bits per heavy atom. The van der Waals surface area contributed by atoms with E-state index < -0.39 is 10.0 Å². The maximum Gasteiger partial charge on any atom is 0.240 e. The van der Waals surface area contributed by atoms with Crippen LogP contribution >= 0.6 is 0 Å². The molecule has 6 nitrogen and oxygen atoms in total. The zero-order chi connectivity index (χ0) is 15.1. The molecule has 0 radical (unpaired) electrons. The van der Waals surface area contributed by atoms with E-state index >= 15 is 0 Å². The molecule has 7 heteroatoms. The second kappa shape index (κ2) is 7.35. The van der Waals surface area contributed by atoms with Crippen LogP contribution in [0.5, 0.6) is 0 Å². The van der Waals surface area contributed by atoms with E-state index in [9.17, 15) is 8.42 Å². The maximum absolute atomic E-state index is 12.1. The number of sulfonamides is 1. The third-order valence-corrected chi connectivity index (χ3v) is 4.64. The number of benzene rings is 1. The van der Waals surface area contributed by atoms with Crippen molar-refractivity contribution in [1.82, 2.24) is 14.3 Å². The monoisotopic (exact) mass is 308 g/mol. The van der Waals surface area contributed by atoms with Gasteiger partial charge >= 0.3 is 0 Å². The highest BCUT2D eigenvalue weighted by Gasteiger charge is 2.12. The summed E-state index contributed by atoms with van der Waals surface area (Å²) in [4.78, 5) is 4.23. The van der Waals surface area contributed by atoms with Crippen LogP contribution in [0.25, 0.3) is 0 Å². The van der Waals surface area contributed by atoms with E-state index in [4.69, 9.17) is 5.73 Å². The average Bonchev–Trinajstić information content (AvgIpc) is 3.00. The molecule has 0 fully saturated rings. The third kappa shape index (κ3) is 4.66. The van der Waals surface area contributed by atoms with Gasteiger partial charge in [0.2, 0.25) is 10.0 Å². The van der Waals surface area contributed by atoms with Gasteiger partial charge in [0.25, 0.3) is 0 Å². The lowest BCUT2D eigenvalue weighted by Crippen LogP contribution is -2.25. The first-order valence-electron chi connectivity index (χ1n) is 6.86. The molecule has 0 aliphatic rings. The smallest absolute Gasteiger partial charge is 0.240 e. The number of nitrogens with one attached hydrogen (secondary N) is 1. The van der Waals surface area contributed by atoms with Crippen molar-refractivity contribution >= 4 is 10.0 Å². The second-order valence-electron chi connectivity index (χ2n) is 4.75. The Bertz CT molecular complexity index is 636. The SMILES string of the molecule is NCc1ccc(S(=O)(=O)NCCCCn2ccnc2)cc1. The Hall–Kier alpha value is -1.70. The normalized spacial score (nSPS) is 11.7. The molecule has 1 heterocycles. The molecular formula is C14H20N4O2S. The molecule has 21 heavy (non-hydrogen) atoms. The van der Waals surface area contributed by atoms with E-state index in [1.54, 1.807) is 36.8 Å². The predicted octanol–water partition coefficient (Wildman–Crippen LogP) is 1.10. The summed E-state index contributed by atoms with van der Waals surface area (Å²) in [6.45, 7) is 1.67. The molecule has 0 atom stereocenters. The summed E-state index contributed by atoms with van der Waals surface area (Å²) in [5.74, 6) is 0. The Kier molecular flexibility index (Phi) is 5.49. The van der Waals surface area contributed by atoms with Gasteiger partial charge in [-0.25, -0.2) is 18.1 Å². The van der Waals surface area contributed by atoms with Crippen LogP contribution in [0.1, 0.15) is 18.4 Å². The molecular weight excluding hydrogens is 288 g/mol. The first-order chi connectivity index (χ1) is 10.1. The van der Waals surface area contributed by atoms with Crippen molar-refractivity contribution in [3.8, 4) is 0 Å². The number of hydrogen-bond donors (Lipinski definition) is 2. The van der Waals surface area contributed by atoms with E-state index in [2.05, 4.69) is 9.71 Å². The number of aryl methyl sites for hydroxylation is 1. The van der Waals surface area contributed by atoms with E-state index in [1.807, 2.05) is 10.8 Å². The summed E-state index contributed by atoms with van der Waals surface area (Å²) in [6, 6.07) is 6.62. The largest absolute Gasteiger partial charge is 0.337 e. The van der Waals surface area contributed by atoms with Crippen LogP contribution in [0.4, 0.5) is 0 Å². The minimum Gasteiger partial charge on any atom is -0.337 e. The number of rotatable bonds is 8. The Labute approximate surface area is 125 Å². The van der Waals surface area contributed by atoms with Crippen LogP contribution in [-0.2, 0) is 23.1 Å². The standard InChI is InChI=1S/C14H20N4O2S/c15-11-13-3-5-14(6-4-13)21(19,20)17-7-1-2-9-18-10-8-16-12-18/h3-6,8,10,12,17H,1-2,7,9,11,15H2. The molecule has 0 aliphatic heterocycles. The van der Waals surface area contributed by atoms with Gasteiger partial charge in [0.05, 0.1) is 11.2 Å². The van der Waals surface area contributed by atoms with Crippen molar-refractivity contribution < 1.29 is 8.42 Å². The minimum absolute atomic E-state index is 0.273. The van der Waals surface area contributed by atoms with Gasteiger partial charge in [0.1, 0.15) is 0 Å². The summed E-state index contributed by atoms with van der Waals surface area (Å²) < 4.78 is 28.7. The van der Waals surface area contributed by atoms with Crippen LogP contribution in [0.2, 0.25) is 0 Å². The molecule has 114 valence electrons. The number of nitrogens with two attached hydrogens (primary N) is 1. The number of unbranched alkanes of at least 4 members (excludes halogenated alkanes) is 1. The summed E-state index contributed by atoms with van der Waals surface area (Å²) >= 11 is 0. The van der Waals surface area contributed by atoms with E-state index in [0.717, 1.165) is 24.9 Å². The first kappa shape index (κ1) is 15.7. The van der Waals surface area contributed by atoms with Crippen molar-refractivity contribution in [2.24, 2.45) is 5.73 Å². The quantitative estimate of drug-likeness (QED) is 0.715. The summed E-state index contributed by atoms with van der Waals surface area (Å²) in [5.41, 5.74) is 6.40. The molecule has 0 saturated carbocycles. The van der Waals surface area contributed by atoms with Gasteiger partial charge in [-0.05, 0) is 30.5 Å². The van der Waals surface area contributed by atoms with Crippen molar-refractivity contribution in [2.75, 3.05) is 6.54 Å². The Morgan fingerprint density at radius 1 is 1.19 bits per heavy atom. The van der Waals surface area contributed by atoms with E-state index in [1.165, 1.54) is 0 Å². The highest BCUT2D eigenvalue weighted by atomic mass is 32.2. The summed E-state index contributed by atoms with van der Waals surface area (Å²) in [6.07, 6.45) is 7.04. The zero-order valence-corrected chi connectivity index (χ0v) is 12.6. The first-order valence-corrected chi connectivity index (χ1v) is 8.34. The van der Waals surface area contributed by atoms with Gasteiger partial charge in [-0.3, -0.25) is 0 Å². The molecule has 2 rings (SSSR count). The Morgan fingerprint density at radius 3 is 2.57 bits per heavy atom. The minimum atomic E-state index is -3.43. The molecule has 0 amide bonds. The second-order valence-corrected chi connectivity index (χ2v) is 6.52. The van der Waals surface area contributed by atoms with Crippen LogP contribution in [0.15, 0.2) is 47.9 Å². The van der Waals surface area contributed by atoms with Gasteiger partial charge in [-0.15, -0.1) is 0 Å². The van der Waals surface area contributed by atoms with Gasteiger partial charge in [0, 0.05) is 32.0 Å². The number of imidazole rings is 1. The molecule has 1 aromatic carbocycles. The topological polar surface area (TPSA) is 90.0 Å². The molecule has 0 bridgehead atoms. The fourth-order valence-electron chi connectivity index (χ4n) is 1.93. The number of nitrogens with zero attached hydrogens (tertiary/aromatic N) is 2. The lowest BCUT2D eigenvalue weighted by Gasteiger charge is -2.07. The van der Waals surface area contributed by atoms with Crippen LogP contribution in [-0.4, -0.2) is 24.5 Å². The van der Waals surface area contributed by atoms with Crippen LogP contribution < -0.4 is 10.5 Å². The Balaban J connectivity index is 1.78. The van der Waals surface area contributed by atoms with Crippen LogP contribution in [0, 0.1) is 0 Å². The lowest BCUT2D eigenvalue weighted by atomic mass is 10.2. The van der Waals surface area contributed by atoms with Crippen molar-refractivity contribution in [2.45, 2.75) is 30.8 Å². The van der Waals surface area contributed by atoms with E-state index in [0.29, 0.717) is 13.1 Å². The highest BCUT2D eigenvalue weighted by molar-refractivity contribution is 7.89.